The van der Waals surface area contributed by atoms with E-state index in [4.69, 9.17) is 5.73 Å². The van der Waals surface area contributed by atoms with Gasteiger partial charge in [-0.05, 0) is 36.8 Å². The maximum atomic E-state index is 5.92. The summed E-state index contributed by atoms with van der Waals surface area (Å²) in [4.78, 5) is 4.48. The Balaban J connectivity index is 1.76. The zero-order valence-electron chi connectivity index (χ0n) is 11.8. The van der Waals surface area contributed by atoms with Gasteiger partial charge in [0.25, 0.3) is 0 Å². The highest BCUT2D eigenvalue weighted by Crippen LogP contribution is 2.30. The zero-order valence-corrected chi connectivity index (χ0v) is 11.8. The van der Waals surface area contributed by atoms with Gasteiger partial charge in [0.2, 0.25) is 0 Å². The van der Waals surface area contributed by atoms with Crippen LogP contribution in [-0.4, -0.2) is 12.5 Å². The lowest BCUT2D eigenvalue weighted by molar-refractivity contribution is 0.274. The number of anilines is 1. The van der Waals surface area contributed by atoms with Gasteiger partial charge in [-0.15, -0.1) is 0 Å². The third kappa shape index (κ3) is 4.58. The highest BCUT2D eigenvalue weighted by molar-refractivity contribution is 5.92. The Labute approximate surface area is 116 Å². The van der Waals surface area contributed by atoms with Crippen LogP contribution in [0.3, 0.4) is 0 Å². The zero-order chi connectivity index (χ0) is 13.5. The summed E-state index contributed by atoms with van der Waals surface area (Å²) >= 11 is 0. The number of rotatable bonds is 4. The van der Waals surface area contributed by atoms with Crippen LogP contribution in [0.2, 0.25) is 0 Å². The van der Waals surface area contributed by atoms with Gasteiger partial charge in [-0.2, -0.15) is 0 Å². The second-order valence-electron chi connectivity index (χ2n) is 5.51. The van der Waals surface area contributed by atoms with Gasteiger partial charge in [-0.3, -0.25) is 4.99 Å². The Kier molecular flexibility index (Phi) is 5.25. The van der Waals surface area contributed by atoms with Crippen molar-refractivity contribution >= 4 is 11.6 Å². The molecule has 3 heteroatoms. The minimum atomic E-state index is 0.531. The minimum absolute atomic E-state index is 0.531. The van der Waals surface area contributed by atoms with Gasteiger partial charge in [0.1, 0.15) is 0 Å². The quantitative estimate of drug-likeness (QED) is 0.641. The van der Waals surface area contributed by atoms with Crippen LogP contribution in [0.4, 0.5) is 5.69 Å². The number of nitrogens with two attached hydrogens (primary N) is 1. The molecule has 1 aliphatic rings. The normalized spacial score (nSPS) is 24.2. The van der Waals surface area contributed by atoms with Crippen molar-refractivity contribution in [3.63, 3.8) is 0 Å². The third-order valence-corrected chi connectivity index (χ3v) is 4.11. The lowest BCUT2D eigenvalue weighted by Crippen LogP contribution is -2.24. The highest BCUT2D eigenvalue weighted by Gasteiger charge is 2.19. The second-order valence-corrected chi connectivity index (χ2v) is 5.51. The number of benzene rings is 1. The minimum Gasteiger partial charge on any atom is -0.370 e. The first-order chi connectivity index (χ1) is 9.28. The van der Waals surface area contributed by atoms with Crippen molar-refractivity contribution in [1.82, 2.24) is 0 Å². The fourth-order valence-electron chi connectivity index (χ4n) is 2.76. The topological polar surface area (TPSA) is 50.4 Å². The van der Waals surface area contributed by atoms with Crippen LogP contribution in [0.15, 0.2) is 35.3 Å². The molecule has 1 saturated carbocycles. The van der Waals surface area contributed by atoms with Gasteiger partial charge in [0.15, 0.2) is 5.96 Å². The molecular formula is C16H25N3. The van der Waals surface area contributed by atoms with Crippen LogP contribution >= 0.6 is 0 Å². The van der Waals surface area contributed by atoms with Crippen molar-refractivity contribution in [1.29, 1.82) is 0 Å². The molecule has 3 N–H and O–H groups in total. The molecule has 0 bridgehead atoms. The number of para-hydroxylation sites is 1. The van der Waals surface area contributed by atoms with E-state index in [2.05, 4.69) is 17.2 Å². The van der Waals surface area contributed by atoms with E-state index in [1.54, 1.807) is 0 Å². The summed E-state index contributed by atoms with van der Waals surface area (Å²) in [5.74, 6) is 2.20. The summed E-state index contributed by atoms with van der Waals surface area (Å²) in [5.41, 5.74) is 6.91. The van der Waals surface area contributed by atoms with Crippen LogP contribution in [0.1, 0.15) is 39.0 Å². The predicted octanol–water partition coefficient (Wildman–Crippen LogP) is 3.63. The van der Waals surface area contributed by atoms with E-state index >= 15 is 0 Å². The molecule has 1 aromatic rings. The molecule has 19 heavy (non-hydrogen) atoms. The Morgan fingerprint density at radius 3 is 2.42 bits per heavy atom. The first-order valence-corrected chi connectivity index (χ1v) is 7.40. The fourth-order valence-corrected chi connectivity index (χ4v) is 2.76. The van der Waals surface area contributed by atoms with E-state index in [1.165, 1.54) is 32.1 Å². The van der Waals surface area contributed by atoms with Crippen molar-refractivity contribution in [3.05, 3.63) is 30.3 Å². The Morgan fingerprint density at radius 1 is 1.16 bits per heavy atom. The molecule has 0 aromatic heterocycles. The van der Waals surface area contributed by atoms with Crippen molar-refractivity contribution < 1.29 is 0 Å². The highest BCUT2D eigenvalue weighted by atomic mass is 15.1. The number of aliphatic imine (C=N–C) groups is 1. The molecule has 1 fully saturated rings. The van der Waals surface area contributed by atoms with E-state index in [0.29, 0.717) is 5.96 Å². The summed E-state index contributed by atoms with van der Waals surface area (Å²) in [5, 5.41) is 3.13. The van der Waals surface area contributed by atoms with Crippen molar-refractivity contribution in [3.8, 4) is 0 Å². The molecular weight excluding hydrogens is 234 g/mol. The first-order valence-electron chi connectivity index (χ1n) is 7.40. The lowest BCUT2D eigenvalue weighted by Gasteiger charge is -2.26. The van der Waals surface area contributed by atoms with Crippen molar-refractivity contribution in [2.45, 2.75) is 39.0 Å². The lowest BCUT2D eigenvalue weighted by atomic mass is 9.81. The molecule has 0 heterocycles. The van der Waals surface area contributed by atoms with Gasteiger partial charge < -0.3 is 11.1 Å². The molecule has 0 unspecified atom stereocenters. The summed E-state index contributed by atoms with van der Waals surface area (Å²) in [6, 6.07) is 9.96. The molecule has 104 valence electrons. The van der Waals surface area contributed by atoms with Crippen LogP contribution in [0, 0.1) is 11.8 Å². The first kappa shape index (κ1) is 13.9. The SMILES string of the molecule is CCC1CCC(CN=C(N)Nc2ccccc2)CC1. The molecule has 0 radical (unpaired) electrons. The summed E-state index contributed by atoms with van der Waals surface area (Å²) in [7, 11) is 0. The molecule has 0 saturated heterocycles. The smallest absolute Gasteiger partial charge is 0.193 e. The van der Waals surface area contributed by atoms with E-state index in [1.807, 2.05) is 30.3 Å². The van der Waals surface area contributed by atoms with Gasteiger partial charge in [0, 0.05) is 12.2 Å². The largest absolute Gasteiger partial charge is 0.370 e. The molecule has 0 aliphatic heterocycles. The number of nitrogens with zero attached hydrogens (tertiary/aromatic N) is 1. The monoisotopic (exact) mass is 259 g/mol. The van der Waals surface area contributed by atoms with E-state index in [0.717, 1.165) is 24.1 Å². The van der Waals surface area contributed by atoms with E-state index in [9.17, 15) is 0 Å². The Bertz CT molecular complexity index is 392. The maximum absolute atomic E-state index is 5.92. The third-order valence-electron chi connectivity index (χ3n) is 4.11. The molecule has 3 nitrogen and oxygen atoms in total. The number of hydrogen-bond acceptors (Lipinski definition) is 1. The molecule has 2 rings (SSSR count). The summed E-state index contributed by atoms with van der Waals surface area (Å²) in [6.07, 6.45) is 6.67. The van der Waals surface area contributed by atoms with Crippen LogP contribution < -0.4 is 11.1 Å². The van der Waals surface area contributed by atoms with E-state index < -0.39 is 0 Å². The molecule has 0 amide bonds. The van der Waals surface area contributed by atoms with E-state index in [-0.39, 0.29) is 0 Å². The summed E-state index contributed by atoms with van der Waals surface area (Å²) in [6.45, 7) is 3.16. The standard InChI is InChI=1S/C16H25N3/c1-2-13-8-10-14(11-9-13)12-18-16(17)19-15-6-4-3-5-7-15/h3-7,13-14H,2,8-12H2,1H3,(H3,17,18,19). The van der Waals surface area contributed by atoms with Gasteiger partial charge in [-0.1, -0.05) is 44.4 Å². The average Bonchev–Trinajstić information content (AvgIpc) is 2.47. The van der Waals surface area contributed by atoms with Crippen LogP contribution in [-0.2, 0) is 0 Å². The number of guanidine groups is 1. The number of hydrogen-bond donors (Lipinski definition) is 2. The van der Waals surface area contributed by atoms with Crippen molar-refractivity contribution in [2.75, 3.05) is 11.9 Å². The summed E-state index contributed by atoms with van der Waals surface area (Å²) < 4.78 is 0. The Morgan fingerprint density at radius 2 is 1.79 bits per heavy atom. The molecule has 1 aliphatic carbocycles. The molecule has 1 aromatic carbocycles. The van der Waals surface area contributed by atoms with Crippen LogP contribution in [0.25, 0.3) is 0 Å². The Hall–Kier alpha value is -1.51. The van der Waals surface area contributed by atoms with Crippen LogP contribution in [0.5, 0.6) is 0 Å². The van der Waals surface area contributed by atoms with Gasteiger partial charge >= 0.3 is 0 Å². The average molecular weight is 259 g/mol. The number of nitrogens with one attached hydrogen (secondary N) is 1. The molecule has 0 spiro atoms. The van der Waals surface area contributed by atoms with Gasteiger partial charge in [-0.25, -0.2) is 0 Å². The fraction of sp³-hybridized carbons (Fsp3) is 0.562. The molecule has 0 atom stereocenters. The second kappa shape index (κ2) is 7.17. The predicted molar refractivity (Wildman–Crippen MR) is 82.3 cm³/mol. The maximum Gasteiger partial charge on any atom is 0.193 e. The van der Waals surface area contributed by atoms with Gasteiger partial charge in [0.05, 0.1) is 0 Å². The van der Waals surface area contributed by atoms with Crippen molar-refractivity contribution in [2.24, 2.45) is 22.6 Å².